The molecule has 0 spiro atoms. The summed E-state index contributed by atoms with van der Waals surface area (Å²) in [5.41, 5.74) is 0. The first-order chi connectivity index (χ1) is 63.5. The highest BCUT2D eigenvalue weighted by atomic mass is 16.6. The zero-order chi connectivity index (χ0) is 93.4. The summed E-state index contributed by atoms with van der Waals surface area (Å²) in [4.78, 5) is 89.3. The van der Waals surface area contributed by atoms with Crippen LogP contribution in [0.3, 0.4) is 0 Å². The van der Waals surface area contributed by atoms with Crippen molar-refractivity contribution in [2.75, 3.05) is 185 Å². The van der Waals surface area contributed by atoms with Crippen LogP contribution in [0.1, 0.15) is 413 Å². The molecular formula is C102H200N8O19. The second-order valence-corrected chi connectivity index (χ2v) is 35.2. The van der Waals surface area contributed by atoms with Crippen molar-refractivity contribution >= 4 is 41.4 Å². The standard InChI is InChI=1S/C102H200N8O19/c1-5-9-13-17-21-25-29-33-37-41-45-59-95(111)103-65-51-49-57-93(109-99(115)61-47-43-39-35-31-27-23-19-15-11-7-3)101(117)107-69-55-73-121-79-85-125-83-77-119-71-53-67-105-97(113)63-75-123-81-87-127-89-91-129-92-90-128-88-82-124-76-64-98(114)106-68-54-72-120-78-84-126-86-80-122-74-56-70-108-102(118)94(110-100(116)62-48-44-40-36-32-28-24-20-16-12-8-4)58-50-52-66-104-96(112)60-46-42-38-34-30-26-22-18-14-10-6-2/h93-94,99,109,115H,5-92H2,1-4H3,(H,103,111)(H,104,112)(H,105,113)(H,106,114)(H,107,117)(H,108,118)(H,110,116). The third-order valence-corrected chi connectivity index (χ3v) is 23.0. The summed E-state index contributed by atoms with van der Waals surface area (Å²) in [6.45, 7) is 21.1. The molecule has 0 bridgehead atoms. The van der Waals surface area contributed by atoms with Gasteiger partial charge >= 0.3 is 0 Å². The molecule has 0 aromatic heterocycles. The van der Waals surface area contributed by atoms with Gasteiger partial charge in [-0.15, -0.1) is 0 Å². The number of carbonyl (C=O) groups excluding carboxylic acids is 7. The summed E-state index contributed by atoms with van der Waals surface area (Å²) in [5, 5.41) is 35.1. The van der Waals surface area contributed by atoms with Crippen LogP contribution in [0, 0.1) is 0 Å². The lowest BCUT2D eigenvalue weighted by Crippen LogP contribution is -2.48. The first-order valence-electron chi connectivity index (χ1n) is 53.2. The molecule has 0 aliphatic rings. The molecule has 0 aliphatic carbocycles. The minimum Gasteiger partial charge on any atom is -0.379 e. The van der Waals surface area contributed by atoms with Crippen LogP contribution in [0.4, 0.5) is 0 Å². The Hall–Kier alpha value is -4.23. The van der Waals surface area contributed by atoms with Gasteiger partial charge in [-0.3, -0.25) is 38.9 Å². The molecule has 129 heavy (non-hydrogen) atoms. The molecule has 27 nitrogen and oxygen atoms in total. The van der Waals surface area contributed by atoms with Crippen LogP contribution in [0.25, 0.3) is 0 Å². The van der Waals surface area contributed by atoms with E-state index in [1.54, 1.807) is 0 Å². The highest BCUT2D eigenvalue weighted by Gasteiger charge is 2.23. The third kappa shape index (κ3) is 99.6. The molecule has 0 rings (SSSR count). The van der Waals surface area contributed by atoms with Gasteiger partial charge in [-0.25, -0.2) is 0 Å². The minimum absolute atomic E-state index is 0.0829. The van der Waals surface area contributed by atoms with Crippen molar-refractivity contribution < 1.29 is 90.8 Å². The van der Waals surface area contributed by atoms with E-state index in [0.717, 1.165) is 77.0 Å². The van der Waals surface area contributed by atoms with Crippen LogP contribution in [0.2, 0.25) is 0 Å². The SMILES string of the molecule is CCCCCCCCCCCCCC(=O)NCCCCC(NC(=O)CCCCCCCCCCCCC)C(=O)NCCCOCCOCCOCCCNC(=O)CCOCCOCCOCCOCCOCCC(=O)NCCCOCCOCCOCCCNC(=O)C(CCCCNC(=O)CCCCCCCCCCCCC)NC(O)CCCCCCCCCCCCC. The zero-order valence-corrected chi connectivity index (χ0v) is 83.3. The highest BCUT2D eigenvalue weighted by molar-refractivity contribution is 5.87. The number of aliphatic hydroxyl groups excluding tert-OH is 1. The second kappa shape index (κ2) is 106. The van der Waals surface area contributed by atoms with Crippen molar-refractivity contribution in [3.8, 4) is 0 Å². The maximum atomic E-state index is 13.4. The van der Waals surface area contributed by atoms with Crippen molar-refractivity contribution in [1.29, 1.82) is 0 Å². The molecule has 3 atom stereocenters. The molecule has 0 aliphatic heterocycles. The zero-order valence-electron chi connectivity index (χ0n) is 83.3. The first-order valence-corrected chi connectivity index (χ1v) is 53.2. The predicted molar refractivity (Wildman–Crippen MR) is 522 cm³/mol. The van der Waals surface area contributed by atoms with E-state index in [1.807, 2.05) is 0 Å². The fraction of sp³-hybridized carbons (Fsp3) is 0.931. The smallest absolute Gasteiger partial charge is 0.242 e. The number of ether oxygens (including phenoxy) is 11. The quantitative estimate of drug-likeness (QED) is 0.0202. The molecule has 9 N–H and O–H groups in total. The van der Waals surface area contributed by atoms with Crippen LogP contribution >= 0.6 is 0 Å². The molecule has 0 aromatic carbocycles. The summed E-state index contributed by atoms with van der Waals surface area (Å²) in [6, 6.07) is -1.14. The van der Waals surface area contributed by atoms with Gasteiger partial charge in [0.1, 0.15) is 12.3 Å². The molecule has 0 saturated heterocycles. The topological polar surface area (TPSA) is 337 Å². The average molecular weight is 1840 g/mol. The molecule has 0 heterocycles. The summed E-state index contributed by atoms with van der Waals surface area (Å²) in [6.07, 6.45) is 63.2. The summed E-state index contributed by atoms with van der Waals surface area (Å²) >= 11 is 0. The van der Waals surface area contributed by atoms with Crippen molar-refractivity contribution in [2.45, 2.75) is 431 Å². The van der Waals surface area contributed by atoms with Gasteiger partial charge < -0.3 is 94.4 Å². The Morgan fingerprint density at radius 3 is 0.682 bits per heavy atom. The van der Waals surface area contributed by atoms with E-state index in [-0.39, 0.29) is 54.2 Å². The molecule has 3 unspecified atom stereocenters. The Balaban J connectivity index is 3.96. The Morgan fingerprint density at radius 2 is 0.395 bits per heavy atom. The maximum Gasteiger partial charge on any atom is 0.242 e. The molecule has 0 aromatic rings. The Bertz CT molecular complexity index is 2400. The number of unbranched alkanes of at least 4 members (excludes halogenated alkanes) is 42. The fourth-order valence-corrected chi connectivity index (χ4v) is 15.0. The van der Waals surface area contributed by atoms with Gasteiger partial charge in [0.2, 0.25) is 41.4 Å². The molecule has 762 valence electrons. The van der Waals surface area contributed by atoms with E-state index in [0.29, 0.717) is 255 Å². The van der Waals surface area contributed by atoms with Crippen molar-refractivity contribution in [3.63, 3.8) is 0 Å². The van der Waals surface area contributed by atoms with E-state index in [1.165, 1.54) is 225 Å². The summed E-state index contributed by atoms with van der Waals surface area (Å²) in [7, 11) is 0. The predicted octanol–water partition coefficient (Wildman–Crippen LogP) is 18.1. The normalized spacial score (nSPS) is 12.2. The monoisotopic (exact) mass is 1840 g/mol. The van der Waals surface area contributed by atoms with E-state index >= 15 is 0 Å². The lowest BCUT2D eigenvalue weighted by atomic mass is 10.0. The van der Waals surface area contributed by atoms with Crippen LogP contribution in [0.15, 0.2) is 0 Å². The van der Waals surface area contributed by atoms with Crippen molar-refractivity contribution in [3.05, 3.63) is 0 Å². The largest absolute Gasteiger partial charge is 0.379 e. The van der Waals surface area contributed by atoms with E-state index < -0.39 is 18.3 Å². The number of amides is 7. The van der Waals surface area contributed by atoms with Crippen molar-refractivity contribution in [2.24, 2.45) is 0 Å². The molecule has 0 radical (unpaired) electrons. The number of hydrogen-bond acceptors (Lipinski definition) is 20. The average Bonchev–Trinajstić information content (AvgIpc) is 0.923. The van der Waals surface area contributed by atoms with Gasteiger partial charge in [0.05, 0.1) is 125 Å². The van der Waals surface area contributed by atoms with Gasteiger partial charge in [-0.05, 0) is 96.3 Å². The van der Waals surface area contributed by atoms with Gasteiger partial charge in [0.15, 0.2) is 0 Å². The molecule has 0 fully saturated rings. The Kier molecular flexibility index (Phi) is 102. The van der Waals surface area contributed by atoms with Crippen LogP contribution < -0.4 is 42.5 Å². The van der Waals surface area contributed by atoms with E-state index in [2.05, 4.69) is 70.2 Å². The lowest BCUT2D eigenvalue weighted by molar-refractivity contribution is -0.129. The fourth-order valence-electron chi connectivity index (χ4n) is 15.0. The second-order valence-electron chi connectivity index (χ2n) is 35.2. The van der Waals surface area contributed by atoms with Gasteiger partial charge in [-0.2, -0.15) is 0 Å². The van der Waals surface area contributed by atoms with Crippen LogP contribution in [0.5, 0.6) is 0 Å². The number of carbonyl (C=O) groups is 7. The Morgan fingerprint density at radius 1 is 0.194 bits per heavy atom. The summed E-state index contributed by atoms with van der Waals surface area (Å²) in [5.74, 6) is -0.369. The van der Waals surface area contributed by atoms with Gasteiger partial charge in [0.25, 0.3) is 0 Å². The molecular weight excluding hydrogens is 1640 g/mol. The maximum absolute atomic E-state index is 13.4. The van der Waals surface area contributed by atoms with Crippen molar-refractivity contribution in [1.82, 2.24) is 42.5 Å². The van der Waals surface area contributed by atoms with E-state index in [4.69, 9.17) is 52.1 Å². The number of aliphatic hydroxyl groups is 1. The third-order valence-electron chi connectivity index (χ3n) is 23.0. The molecule has 7 amide bonds. The number of nitrogens with one attached hydrogen (secondary N) is 8. The number of rotatable bonds is 109. The van der Waals surface area contributed by atoms with Gasteiger partial charge in [-0.1, -0.05) is 285 Å². The first kappa shape index (κ1) is 125. The van der Waals surface area contributed by atoms with E-state index in [9.17, 15) is 38.7 Å². The lowest BCUT2D eigenvalue weighted by Gasteiger charge is -2.22. The van der Waals surface area contributed by atoms with Crippen LogP contribution in [-0.2, 0) is 85.7 Å². The highest BCUT2D eigenvalue weighted by Crippen LogP contribution is 2.18. The van der Waals surface area contributed by atoms with Gasteiger partial charge in [0, 0.05) is 97.8 Å². The summed E-state index contributed by atoms with van der Waals surface area (Å²) < 4.78 is 61.9. The number of hydrogen-bond donors (Lipinski definition) is 9. The Labute approximate surface area is 786 Å². The molecule has 0 saturated carbocycles. The molecule has 27 heteroatoms. The van der Waals surface area contributed by atoms with Crippen LogP contribution in [-0.4, -0.2) is 249 Å². The minimum atomic E-state index is -0.751.